The number of hydrogen-bond donors (Lipinski definition) is 3. The third-order valence-corrected chi connectivity index (χ3v) is 4.54. The predicted molar refractivity (Wildman–Crippen MR) is 86.7 cm³/mol. The van der Waals surface area contributed by atoms with Gasteiger partial charge in [0.1, 0.15) is 5.75 Å². The molecule has 0 spiro atoms. The number of benzene rings is 2. The van der Waals surface area contributed by atoms with E-state index in [0.29, 0.717) is 6.42 Å². The van der Waals surface area contributed by atoms with Crippen molar-refractivity contribution >= 4 is 16.1 Å². The molecule has 2 aromatic rings. The third-order valence-electron chi connectivity index (χ3n) is 3.19. The van der Waals surface area contributed by atoms with Crippen LogP contribution in [0.15, 0.2) is 53.4 Å². The Labute approximate surface area is 135 Å². The largest absolute Gasteiger partial charge is 0.508 e. The van der Waals surface area contributed by atoms with Gasteiger partial charge in [-0.1, -0.05) is 29.8 Å². The minimum Gasteiger partial charge on any atom is -0.508 e. The highest BCUT2D eigenvalue weighted by Gasteiger charge is 2.16. The number of carbonyl (C=O) groups is 1. The second kappa shape index (κ2) is 7.15. The van der Waals surface area contributed by atoms with E-state index in [1.165, 1.54) is 12.1 Å². The zero-order valence-corrected chi connectivity index (χ0v) is 13.4. The van der Waals surface area contributed by atoms with Crippen molar-refractivity contribution in [3.8, 4) is 5.75 Å². The van der Waals surface area contributed by atoms with E-state index in [-0.39, 0.29) is 17.2 Å². The molecule has 0 aliphatic heterocycles. The first-order chi connectivity index (χ1) is 10.9. The summed E-state index contributed by atoms with van der Waals surface area (Å²) in [6.45, 7) is 2.12. The van der Waals surface area contributed by atoms with Gasteiger partial charge in [0.25, 0.3) is 10.0 Å². The maximum atomic E-state index is 12.0. The Balaban J connectivity index is 1.86. The van der Waals surface area contributed by atoms with Crippen LogP contribution in [0.3, 0.4) is 0 Å². The first-order valence-corrected chi connectivity index (χ1v) is 8.50. The Kier molecular flexibility index (Phi) is 5.23. The van der Waals surface area contributed by atoms with Crippen molar-refractivity contribution in [3.63, 3.8) is 0 Å². The van der Waals surface area contributed by atoms with Gasteiger partial charge in [0.05, 0.1) is 4.90 Å². The van der Waals surface area contributed by atoms with E-state index in [1.807, 2.05) is 11.6 Å². The molecule has 6 nitrogen and oxygen atoms in total. The predicted octanol–water partition coefficient (Wildman–Crippen LogP) is 1.93. The van der Waals surface area contributed by atoms with Gasteiger partial charge >= 0.3 is 6.03 Å². The number of sulfonamides is 1. The fraction of sp³-hybridized carbons (Fsp3) is 0.188. The molecule has 2 amide bonds. The van der Waals surface area contributed by atoms with Crippen LogP contribution >= 0.6 is 0 Å². The third kappa shape index (κ3) is 5.00. The van der Waals surface area contributed by atoms with Crippen molar-refractivity contribution < 1.29 is 18.3 Å². The number of phenols is 1. The maximum Gasteiger partial charge on any atom is 0.328 e. The van der Waals surface area contributed by atoms with Crippen molar-refractivity contribution in [3.05, 3.63) is 59.7 Å². The zero-order valence-electron chi connectivity index (χ0n) is 12.6. The number of aryl methyl sites for hydroxylation is 1. The average molecular weight is 334 g/mol. The average Bonchev–Trinajstić information content (AvgIpc) is 2.49. The topological polar surface area (TPSA) is 95.5 Å². The lowest BCUT2D eigenvalue weighted by Gasteiger charge is -2.09. The number of urea groups is 1. The molecule has 7 heteroatoms. The summed E-state index contributed by atoms with van der Waals surface area (Å²) in [6, 6.07) is 12.0. The summed E-state index contributed by atoms with van der Waals surface area (Å²) in [6.07, 6.45) is 0.526. The molecule has 2 rings (SSSR count). The monoisotopic (exact) mass is 334 g/mol. The molecule has 2 aromatic carbocycles. The van der Waals surface area contributed by atoms with Crippen molar-refractivity contribution in [1.82, 2.24) is 10.0 Å². The minimum absolute atomic E-state index is 0.0387. The molecule has 0 saturated heterocycles. The standard InChI is InChI=1S/C16H18N2O4S/c1-12-2-8-15(9-3-12)23(21,22)18-16(20)17-11-10-13-4-6-14(19)7-5-13/h2-9,19H,10-11H2,1H3,(H2,17,18,20). The number of hydrogen-bond acceptors (Lipinski definition) is 4. The summed E-state index contributed by atoms with van der Waals surface area (Å²) in [4.78, 5) is 11.7. The highest BCUT2D eigenvalue weighted by molar-refractivity contribution is 7.90. The second-order valence-corrected chi connectivity index (χ2v) is 6.77. The van der Waals surface area contributed by atoms with E-state index in [0.717, 1.165) is 11.1 Å². The molecule has 0 aliphatic rings. The summed E-state index contributed by atoms with van der Waals surface area (Å²) in [5, 5.41) is 11.7. The van der Waals surface area contributed by atoms with Gasteiger partial charge in [0.2, 0.25) is 0 Å². The quantitative estimate of drug-likeness (QED) is 0.778. The Hall–Kier alpha value is -2.54. The maximum absolute atomic E-state index is 12.0. The summed E-state index contributed by atoms with van der Waals surface area (Å²) in [7, 11) is -3.87. The minimum atomic E-state index is -3.87. The molecule has 0 bridgehead atoms. The molecule has 0 heterocycles. The van der Waals surface area contributed by atoms with E-state index >= 15 is 0 Å². The zero-order chi connectivity index (χ0) is 16.9. The van der Waals surface area contributed by atoms with Gasteiger partial charge in [0.15, 0.2) is 0 Å². The lowest BCUT2D eigenvalue weighted by Crippen LogP contribution is -2.40. The van der Waals surface area contributed by atoms with Crippen LogP contribution in [-0.4, -0.2) is 26.1 Å². The molecule has 0 aliphatic carbocycles. The van der Waals surface area contributed by atoms with Crippen LogP contribution in [0.5, 0.6) is 5.75 Å². The molecule has 0 radical (unpaired) electrons. The fourth-order valence-corrected chi connectivity index (χ4v) is 2.85. The van der Waals surface area contributed by atoms with Gasteiger partial charge in [-0.25, -0.2) is 17.9 Å². The Morgan fingerprint density at radius 2 is 1.65 bits per heavy atom. The number of nitrogens with one attached hydrogen (secondary N) is 2. The molecule has 0 fully saturated rings. The SMILES string of the molecule is Cc1ccc(S(=O)(=O)NC(=O)NCCc2ccc(O)cc2)cc1. The Morgan fingerprint density at radius 1 is 1.04 bits per heavy atom. The summed E-state index contributed by atoms with van der Waals surface area (Å²) < 4.78 is 26.0. The van der Waals surface area contributed by atoms with E-state index in [2.05, 4.69) is 5.32 Å². The number of aromatic hydroxyl groups is 1. The van der Waals surface area contributed by atoms with Crippen molar-refractivity contribution in [1.29, 1.82) is 0 Å². The highest BCUT2D eigenvalue weighted by Crippen LogP contribution is 2.10. The smallest absolute Gasteiger partial charge is 0.328 e. The lowest BCUT2D eigenvalue weighted by atomic mass is 10.1. The van der Waals surface area contributed by atoms with Crippen LogP contribution in [0, 0.1) is 6.92 Å². The summed E-state index contributed by atoms with van der Waals surface area (Å²) in [5.41, 5.74) is 1.85. The summed E-state index contributed by atoms with van der Waals surface area (Å²) in [5.74, 6) is 0.170. The Morgan fingerprint density at radius 3 is 2.26 bits per heavy atom. The van der Waals surface area contributed by atoms with Crippen LogP contribution in [0.25, 0.3) is 0 Å². The number of amides is 2. The number of phenolic OH excluding ortho intramolecular Hbond substituents is 1. The fourth-order valence-electron chi connectivity index (χ4n) is 1.92. The second-order valence-electron chi connectivity index (χ2n) is 5.09. The van der Waals surface area contributed by atoms with Crippen LogP contribution in [0.4, 0.5) is 4.79 Å². The number of carbonyl (C=O) groups excluding carboxylic acids is 1. The van der Waals surface area contributed by atoms with Crippen LogP contribution < -0.4 is 10.0 Å². The van der Waals surface area contributed by atoms with Crippen LogP contribution in [0.2, 0.25) is 0 Å². The molecule has 122 valence electrons. The first kappa shape index (κ1) is 16.8. The highest BCUT2D eigenvalue weighted by atomic mass is 32.2. The van der Waals surface area contributed by atoms with Gasteiger partial charge in [-0.2, -0.15) is 0 Å². The van der Waals surface area contributed by atoms with E-state index in [4.69, 9.17) is 0 Å². The van der Waals surface area contributed by atoms with Gasteiger partial charge in [-0.3, -0.25) is 0 Å². The van der Waals surface area contributed by atoms with Gasteiger partial charge in [-0.15, -0.1) is 0 Å². The van der Waals surface area contributed by atoms with E-state index in [9.17, 15) is 18.3 Å². The van der Waals surface area contributed by atoms with Crippen LogP contribution in [-0.2, 0) is 16.4 Å². The first-order valence-electron chi connectivity index (χ1n) is 7.02. The Bertz CT molecular complexity index is 769. The normalized spacial score (nSPS) is 11.0. The molecule has 23 heavy (non-hydrogen) atoms. The molecule has 0 saturated carbocycles. The lowest BCUT2D eigenvalue weighted by molar-refractivity contribution is 0.246. The van der Waals surface area contributed by atoms with E-state index < -0.39 is 16.1 Å². The van der Waals surface area contributed by atoms with Gasteiger partial charge in [0, 0.05) is 6.54 Å². The van der Waals surface area contributed by atoms with E-state index in [1.54, 1.807) is 36.4 Å². The molecule has 0 unspecified atom stereocenters. The molecular weight excluding hydrogens is 316 g/mol. The van der Waals surface area contributed by atoms with Crippen molar-refractivity contribution in [2.24, 2.45) is 0 Å². The van der Waals surface area contributed by atoms with Gasteiger partial charge < -0.3 is 10.4 Å². The van der Waals surface area contributed by atoms with Crippen molar-refractivity contribution in [2.45, 2.75) is 18.2 Å². The molecular formula is C16H18N2O4S. The summed E-state index contributed by atoms with van der Waals surface area (Å²) >= 11 is 0. The molecule has 0 atom stereocenters. The number of rotatable bonds is 5. The molecule has 3 N–H and O–H groups in total. The van der Waals surface area contributed by atoms with Crippen molar-refractivity contribution in [2.75, 3.05) is 6.54 Å². The van der Waals surface area contributed by atoms with Gasteiger partial charge in [-0.05, 0) is 43.2 Å². The molecule has 0 aromatic heterocycles. The van der Waals surface area contributed by atoms with Crippen LogP contribution in [0.1, 0.15) is 11.1 Å².